The van der Waals surface area contributed by atoms with E-state index in [0.717, 1.165) is 55.2 Å². The van der Waals surface area contributed by atoms with Crippen molar-refractivity contribution in [2.24, 2.45) is 0 Å². The van der Waals surface area contributed by atoms with Gasteiger partial charge in [0.15, 0.2) is 0 Å². The molecule has 0 bridgehead atoms. The third kappa shape index (κ3) is 5.26. The Hall–Kier alpha value is -5.92. The summed E-state index contributed by atoms with van der Waals surface area (Å²) in [6.45, 7) is 0. The lowest BCUT2D eigenvalue weighted by molar-refractivity contribution is 1.28. The normalized spacial score (nSPS) is 12.4. The Morgan fingerprint density at radius 3 is 1.91 bits per heavy atom. The number of rotatable bonds is 6. The van der Waals surface area contributed by atoms with E-state index in [1.54, 1.807) is 0 Å². The average molecular weight is 578 g/mol. The smallest absolute Gasteiger partial charge is 0.0651 e. The quantitative estimate of drug-likeness (QED) is 0.190. The van der Waals surface area contributed by atoms with Gasteiger partial charge < -0.3 is 4.90 Å². The molecule has 0 spiro atoms. The molecule has 0 saturated heterocycles. The highest BCUT2D eigenvalue weighted by Crippen LogP contribution is 2.40. The first-order valence-corrected chi connectivity index (χ1v) is 15.1. The molecule has 1 heteroatoms. The number of hydrogen-bond donors (Lipinski definition) is 0. The molecule has 8 rings (SSSR count). The van der Waals surface area contributed by atoms with Gasteiger partial charge in [-0.05, 0) is 97.3 Å². The van der Waals surface area contributed by atoms with Crippen molar-refractivity contribution in [3.05, 3.63) is 188 Å². The lowest BCUT2D eigenvalue weighted by Gasteiger charge is -2.27. The second-order valence-corrected chi connectivity index (χ2v) is 11.1. The van der Waals surface area contributed by atoms with Gasteiger partial charge in [-0.15, -0.1) is 0 Å². The van der Waals surface area contributed by atoms with Gasteiger partial charge in [-0.3, -0.25) is 0 Å². The van der Waals surface area contributed by atoms with Crippen LogP contribution in [0.5, 0.6) is 0 Å². The highest BCUT2D eigenvalue weighted by molar-refractivity contribution is 5.97. The van der Waals surface area contributed by atoms with Crippen molar-refractivity contribution in [2.75, 3.05) is 4.90 Å². The van der Waals surface area contributed by atoms with Crippen LogP contribution in [0.1, 0.15) is 5.48 Å². The van der Waals surface area contributed by atoms with E-state index in [2.05, 4.69) is 54.6 Å². The zero-order valence-electron chi connectivity index (χ0n) is 28.5. The fourth-order valence-electron chi connectivity index (χ4n) is 6.07. The predicted molar refractivity (Wildman–Crippen MR) is 192 cm³/mol. The van der Waals surface area contributed by atoms with Crippen molar-refractivity contribution in [1.82, 2.24) is 0 Å². The van der Waals surface area contributed by atoms with Crippen LogP contribution in [-0.2, 0) is 0 Å². The topological polar surface area (TPSA) is 3.24 Å². The van der Waals surface area contributed by atoms with Gasteiger partial charge in [0, 0.05) is 17.1 Å². The number of fused-ring (bicyclic) bond motifs is 2. The summed E-state index contributed by atoms with van der Waals surface area (Å²) in [5, 5.41) is 4.32. The van der Waals surface area contributed by atoms with Gasteiger partial charge in [-0.2, -0.15) is 0 Å². The molecule has 45 heavy (non-hydrogen) atoms. The van der Waals surface area contributed by atoms with Gasteiger partial charge in [0.25, 0.3) is 0 Å². The monoisotopic (exact) mass is 577 g/mol. The first-order chi connectivity index (χ1) is 24.0. The lowest BCUT2D eigenvalue weighted by Crippen LogP contribution is -2.10. The SMILES string of the molecule is [2H]c1c([2H])c(-c2ccc3ccccc3c2)c([2H])c(N(c2ccc(-c3ccccc3)cc2)c2cccc(-c3cccc4ccccc34)c2)c1[2H]. The van der Waals surface area contributed by atoms with Gasteiger partial charge in [0.05, 0.1) is 5.48 Å². The molecule has 0 aliphatic rings. The van der Waals surface area contributed by atoms with E-state index in [4.69, 9.17) is 2.74 Å². The average Bonchev–Trinajstić information content (AvgIpc) is 3.16. The van der Waals surface area contributed by atoms with Gasteiger partial charge in [-0.1, -0.05) is 146 Å². The van der Waals surface area contributed by atoms with Crippen molar-refractivity contribution in [2.45, 2.75) is 0 Å². The minimum atomic E-state index is -0.217. The largest absolute Gasteiger partial charge is 0.310 e. The van der Waals surface area contributed by atoms with Crippen molar-refractivity contribution in [3.8, 4) is 33.4 Å². The highest BCUT2D eigenvalue weighted by atomic mass is 15.1. The summed E-state index contributed by atoms with van der Waals surface area (Å²) in [4.78, 5) is 1.90. The van der Waals surface area contributed by atoms with E-state index in [9.17, 15) is 2.74 Å². The molecule has 0 aliphatic carbocycles. The van der Waals surface area contributed by atoms with E-state index in [1.165, 1.54) is 0 Å². The maximum Gasteiger partial charge on any atom is 0.0651 e. The summed E-state index contributed by atoms with van der Waals surface area (Å²) < 4.78 is 36.8. The van der Waals surface area contributed by atoms with E-state index in [-0.39, 0.29) is 29.9 Å². The van der Waals surface area contributed by atoms with E-state index in [1.807, 2.05) is 114 Å². The molecule has 0 fully saturated rings. The zero-order valence-corrected chi connectivity index (χ0v) is 24.5. The van der Waals surface area contributed by atoms with Crippen molar-refractivity contribution >= 4 is 38.6 Å². The Morgan fingerprint density at radius 1 is 0.378 bits per heavy atom. The van der Waals surface area contributed by atoms with Crippen LogP contribution in [0.15, 0.2) is 188 Å². The molecule has 0 aliphatic heterocycles. The molecule has 0 heterocycles. The third-order valence-electron chi connectivity index (χ3n) is 8.31. The van der Waals surface area contributed by atoms with Crippen molar-refractivity contribution < 1.29 is 5.48 Å². The van der Waals surface area contributed by atoms with Crippen LogP contribution in [0, 0.1) is 0 Å². The Balaban J connectivity index is 1.36. The summed E-state index contributed by atoms with van der Waals surface area (Å²) in [5.74, 6) is 0. The first kappa shape index (κ1) is 22.6. The number of anilines is 3. The molecule has 0 unspecified atom stereocenters. The molecule has 8 aromatic carbocycles. The Morgan fingerprint density at radius 2 is 1.04 bits per heavy atom. The Bertz CT molecular complexity index is 2490. The summed E-state index contributed by atoms with van der Waals surface area (Å²) in [5.41, 5.74) is 6.97. The number of nitrogens with zero attached hydrogens (tertiary/aromatic N) is 1. The first-order valence-electron chi connectivity index (χ1n) is 17.1. The Labute approximate surface area is 269 Å². The van der Waals surface area contributed by atoms with E-state index >= 15 is 0 Å². The van der Waals surface area contributed by atoms with E-state index < -0.39 is 0 Å². The van der Waals surface area contributed by atoms with Crippen molar-refractivity contribution in [3.63, 3.8) is 0 Å². The fourth-order valence-corrected chi connectivity index (χ4v) is 6.07. The molecule has 0 aromatic heterocycles. The second-order valence-electron chi connectivity index (χ2n) is 11.1. The van der Waals surface area contributed by atoms with Crippen molar-refractivity contribution in [1.29, 1.82) is 0 Å². The Kier molecular flexibility index (Phi) is 5.84. The van der Waals surface area contributed by atoms with Crippen LogP contribution in [0.2, 0.25) is 0 Å². The molecule has 0 N–H and O–H groups in total. The molecule has 212 valence electrons. The minimum Gasteiger partial charge on any atom is -0.310 e. The summed E-state index contributed by atoms with van der Waals surface area (Å²) in [6.07, 6.45) is 0. The molecule has 8 aromatic rings. The second kappa shape index (κ2) is 11.6. The summed E-state index contributed by atoms with van der Waals surface area (Å²) >= 11 is 0. The van der Waals surface area contributed by atoms with Crippen LogP contribution < -0.4 is 4.90 Å². The molecular formula is C44H31N. The molecule has 0 amide bonds. The lowest BCUT2D eigenvalue weighted by atomic mass is 9.97. The fraction of sp³-hybridized carbons (Fsp3) is 0. The molecule has 1 nitrogen and oxygen atoms in total. The molecular weight excluding hydrogens is 542 g/mol. The standard InChI is InChI=1S/C44H31N/c1-2-11-32(12-3-1)34-25-27-40(28-26-34)45(41-19-8-17-37(30-41)38-24-23-33-13-4-5-15-36(33)29-38)42-20-9-18-39(31-42)44-22-10-16-35-14-6-7-21-43(35)44/h1-31H/i8D,17D,19D,30D. The van der Waals surface area contributed by atoms with Crippen LogP contribution in [0.4, 0.5) is 17.1 Å². The summed E-state index contributed by atoms with van der Waals surface area (Å²) in [7, 11) is 0. The predicted octanol–water partition coefficient (Wildman–Crippen LogP) is 12.5. The zero-order chi connectivity index (χ0) is 33.5. The van der Waals surface area contributed by atoms with Crippen LogP contribution in [0.3, 0.4) is 0 Å². The molecule has 0 saturated carbocycles. The van der Waals surface area contributed by atoms with Gasteiger partial charge in [0.1, 0.15) is 0 Å². The summed E-state index contributed by atoms with van der Waals surface area (Å²) in [6, 6.07) is 54.3. The van der Waals surface area contributed by atoms with Crippen LogP contribution in [0.25, 0.3) is 54.9 Å². The minimum absolute atomic E-state index is 0.0315. The maximum absolute atomic E-state index is 9.64. The maximum atomic E-state index is 9.64. The third-order valence-corrected chi connectivity index (χ3v) is 8.31. The van der Waals surface area contributed by atoms with Gasteiger partial charge >= 0.3 is 0 Å². The van der Waals surface area contributed by atoms with Gasteiger partial charge in [0.2, 0.25) is 0 Å². The van der Waals surface area contributed by atoms with Gasteiger partial charge in [-0.25, -0.2) is 0 Å². The van der Waals surface area contributed by atoms with Crippen LogP contribution in [-0.4, -0.2) is 0 Å². The number of hydrogen-bond acceptors (Lipinski definition) is 1. The highest BCUT2D eigenvalue weighted by Gasteiger charge is 2.15. The van der Waals surface area contributed by atoms with E-state index in [0.29, 0.717) is 11.1 Å². The molecule has 0 radical (unpaired) electrons. The van der Waals surface area contributed by atoms with Crippen LogP contribution >= 0.6 is 0 Å². The molecule has 0 atom stereocenters. The number of benzene rings is 8.